The Labute approximate surface area is 123 Å². The summed E-state index contributed by atoms with van der Waals surface area (Å²) in [7, 11) is 1.76. The Hall–Kier alpha value is -2.65. The summed E-state index contributed by atoms with van der Waals surface area (Å²) < 4.78 is 11.0. The zero-order chi connectivity index (χ0) is 15.1. The maximum absolute atomic E-state index is 9.07. The van der Waals surface area contributed by atoms with E-state index in [2.05, 4.69) is 21.4 Å². The van der Waals surface area contributed by atoms with Crippen molar-refractivity contribution in [3.8, 4) is 17.7 Å². The van der Waals surface area contributed by atoms with E-state index in [0.717, 1.165) is 0 Å². The van der Waals surface area contributed by atoms with Crippen molar-refractivity contribution in [2.24, 2.45) is 0 Å². The van der Waals surface area contributed by atoms with E-state index in [0.29, 0.717) is 42.0 Å². The summed E-state index contributed by atoms with van der Waals surface area (Å²) in [6.07, 6.45) is 0. The van der Waals surface area contributed by atoms with E-state index in [9.17, 15) is 0 Å². The standard InChI is InChI=1S/C15H16N4O2/c1-3-20-10-14-18-13(17-2)8-15(19-14)21-12-7-5-4-6-11(12)9-16/h4-8H,3,10H2,1-2H3,(H,17,18,19). The molecular weight excluding hydrogens is 268 g/mol. The van der Waals surface area contributed by atoms with E-state index in [4.69, 9.17) is 14.7 Å². The Morgan fingerprint density at radius 2 is 2.10 bits per heavy atom. The second-order valence-electron chi connectivity index (χ2n) is 4.10. The molecule has 1 aromatic carbocycles. The minimum atomic E-state index is 0.308. The number of hydrogen-bond acceptors (Lipinski definition) is 6. The van der Waals surface area contributed by atoms with Crippen LogP contribution in [0.2, 0.25) is 0 Å². The van der Waals surface area contributed by atoms with Crippen molar-refractivity contribution in [3.63, 3.8) is 0 Å². The highest BCUT2D eigenvalue weighted by molar-refractivity contribution is 5.45. The molecule has 1 heterocycles. The highest BCUT2D eigenvalue weighted by atomic mass is 16.5. The second kappa shape index (κ2) is 7.22. The SMILES string of the molecule is CCOCc1nc(NC)cc(Oc2ccccc2C#N)n1. The lowest BCUT2D eigenvalue weighted by molar-refractivity contribution is 0.128. The molecule has 0 bridgehead atoms. The molecule has 1 aromatic heterocycles. The third-order valence-electron chi connectivity index (χ3n) is 2.66. The lowest BCUT2D eigenvalue weighted by Gasteiger charge is -2.10. The van der Waals surface area contributed by atoms with Crippen LogP contribution < -0.4 is 10.1 Å². The van der Waals surface area contributed by atoms with Crippen molar-refractivity contribution < 1.29 is 9.47 Å². The molecule has 2 aromatic rings. The Balaban J connectivity index is 2.28. The fourth-order valence-electron chi connectivity index (χ4n) is 1.67. The van der Waals surface area contributed by atoms with Crippen LogP contribution in [0.1, 0.15) is 18.3 Å². The van der Waals surface area contributed by atoms with E-state index in [1.807, 2.05) is 6.92 Å². The maximum atomic E-state index is 9.07. The molecule has 108 valence electrons. The molecule has 0 saturated carbocycles. The number of benzene rings is 1. The summed E-state index contributed by atoms with van der Waals surface area (Å²) in [5, 5.41) is 12.0. The van der Waals surface area contributed by atoms with Gasteiger partial charge >= 0.3 is 0 Å². The zero-order valence-electron chi connectivity index (χ0n) is 12.0. The van der Waals surface area contributed by atoms with Gasteiger partial charge in [0, 0.05) is 19.7 Å². The molecule has 0 aliphatic carbocycles. The van der Waals surface area contributed by atoms with Crippen molar-refractivity contribution in [1.82, 2.24) is 9.97 Å². The molecule has 0 radical (unpaired) electrons. The van der Waals surface area contributed by atoms with E-state index in [1.165, 1.54) is 0 Å². The Kier molecular flexibility index (Phi) is 5.07. The van der Waals surface area contributed by atoms with Gasteiger partial charge in [-0.15, -0.1) is 0 Å². The van der Waals surface area contributed by atoms with E-state index >= 15 is 0 Å². The summed E-state index contributed by atoms with van der Waals surface area (Å²) >= 11 is 0. The molecule has 0 aliphatic heterocycles. The average molecular weight is 284 g/mol. The number of para-hydroxylation sites is 1. The van der Waals surface area contributed by atoms with Crippen LogP contribution in [0.4, 0.5) is 5.82 Å². The first kappa shape index (κ1) is 14.8. The van der Waals surface area contributed by atoms with E-state index < -0.39 is 0 Å². The average Bonchev–Trinajstić information content (AvgIpc) is 2.53. The van der Waals surface area contributed by atoms with Gasteiger partial charge in [-0.2, -0.15) is 10.2 Å². The normalized spacial score (nSPS) is 9.95. The minimum absolute atomic E-state index is 0.308. The van der Waals surface area contributed by atoms with Crippen molar-refractivity contribution in [1.29, 1.82) is 5.26 Å². The predicted molar refractivity (Wildman–Crippen MR) is 78.1 cm³/mol. The molecule has 0 atom stereocenters. The number of anilines is 1. The lowest BCUT2D eigenvalue weighted by Crippen LogP contribution is -2.04. The fraction of sp³-hybridized carbons (Fsp3) is 0.267. The van der Waals surface area contributed by atoms with Crippen molar-refractivity contribution >= 4 is 5.82 Å². The van der Waals surface area contributed by atoms with Crippen LogP contribution in [0.25, 0.3) is 0 Å². The largest absolute Gasteiger partial charge is 0.437 e. The molecule has 2 rings (SSSR count). The van der Waals surface area contributed by atoms with Gasteiger partial charge in [-0.25, -0.2) is 4.98 Å². The van der Waals surface area contributed by atoms with Gasteiger partial charge in [0.05, 0.1) is 5.56 Å². The Morgan fingerprint density at radius 1 is 1.29 bits per heavy atom. The van der Waals surface area contributed by atoms with Gasteiger partial charge in [0.15, 0.2) is 5.82 Å². The van der Waals surface area contributed by atoms with Crippen LogP contribution in [-0.4, -0.2) is 23.6 Å². The monoisotopic (exact) mass is 284 g/mol. The quantitative estimate of drug-likeness (QED) is 0.878. The van der Waals surface area contributed by atoms with Gasteiger partial charge in [0.1, 0.15) is 24.2 Å². The molecule has 0 fully saturated rings. The number of rotatable bonds is 6. The van der Waals surface area contributed by atoms with Gasteiger partial charge in [0.25, 0.3) is 0 Å². The molecule has 6 nitrogen and oxygen atoms in total. The fourth-order valence-corrected chi connectivity index (χ4v) is 1.67. The second-order valence-corrected chi connectivity index (χ2v) is 4.10. The number of nitrogens with one attached hydrogen (secondary N) is 1. The number of ether oxygens (including phenoxy) is 2. The van der Waals surface area contributed by atoms with Crippen LogP contribution in [0, 0.1) is 11.3 Å². The van der Waals surface area contributed by atoms with E-state index in [-0.39, 0.29) is 0 Å². The molecule has 0 unspecified atom stereocenters. The van der Waals surface area contributed by atoms with Gasteiger partial charge in [0.2, 0.25) is 5.88 Å². The van der Waals surface area contributed by atoms with Crippen LogP contribution in [0.5, 0.6) is 11.6 Å². The molecule has 0 amide bonds. The molecule has 1 N–H and O–H groups in total. The third kappa shape index (κ3) is 3.91. The van der Waals surface area contributed by atoms with Crippen molar-refractivity contribution in [2.75, 3.05) is 19.0 Å². The highest BCUT2D eigenvalue weighted by Crippen LogP contribution is 2.24. The molecule has 21 heavy (non-hydrogen) atoms. The summed E-state index contributed by atoms with van der Waals surface area (Å²) in [6, 6.07) is 10.8. The summed E-state index contributed by atoms with van der Waals surface area (Å²) in [5.74, 6) is 1.98. The molecule has 0 saturated heterocycles. The van der Waals surface area contributed by atoms with E-state index in [1.54, 1.807) is 37.4 Å². The number of nitrogens with zero attached hydrogens (tertiary/aromatic N) is 3. The van der Waals surface area contributed by atoms with Gasteiger partial charge in [-0.3, -0.25) is 0 Å². The van der Waals surface area contributed by atoms with Gasteiger partial charge < -0.3 is 14.8 Å². The van der Waals surface area contributed by atoms with Crippen molar-refractivity contribution in [2.45, 2.75) is 13.5 Å². The highest BCUT2D eigenvalue weighted by Gasteiger charge is 2.08. The summed E-state index contributed by atoms with van der Waals surface area (Å²) in [5.41, 5.74) is 0.452. The zero-order valence-corrected chi connectivity index (χ0v) is 12.0. The molecule has 6 heteroatoms. The topological polar surface area (TPSA) is 80.1 Å². The van der Waals surface area contributed by atoms with Crippen LogP contribution in [0.3, 0.4) is 0 Å². The summed E-state index contributed by atoms with van der Waals surface area (Å²) in [4.78, 5) is 8.56. The predicted octanol–water partition coefficient (Wildman–Crippen LogP) is 2.72. The van der Waals surface area contributed by atoms with Gasteiger partial charge in [-0.1, -0.05) is 12.1 Å². The molecule has 0 aliphatic rings. The Morgan fingerprint density at radius 3 is 2.81 bits per heavy atom. The minimum Gasteiger partial charge on any atom is -0.437 e. The van der Waals surface area contributed by atoms with Crippen LogP contribution in [-0.2, 0) is 11.3 Å². The Bertz CT molecular complexity index is 652. The van der Waals surface area contributed by atoms with Crippen molar-refractivity contribution in [3.05, 3.63) is 41.7 Å². The molecule has 0 spiro atoms. The van der Waals surface area contributed by atoms with Gasteiger partial charge in [-0.05, 0) is 19.1 Å². The smallest absolute Gasteiger partial charge is 0.224 e. The number of nitriles is 1. The number of hydrogen-bond donors (Lipinski definition) is 1. The molecular formula is C15H16N4O2. The lowest BCUT2D eigenvalue weighted by atomic mass is 10.2. The van der Waals surface area contributed by atoms with Crippen LogP contribution >= 0.6 is 0 Å². The first-order chi connectivity index (χ1) is 10.3. The maximum Gasteiger partial charge on any atom is 0.224 e. The first-order valence-corrected chi connectivity index (χ1v) is 6.57. The first-order valence-electron chi connectivity index (χ1n) is 6.57. The number of aromatic nitrogens is 2. The van der Waals surface area contributed by atoms with Crippen LogP contribution in [0.15, 0.2) is 30.3 Å². The third-order valence-corrected chi connectivity index (χ3v) is 2.66. The summed E-state index contributed by atoms with van der Waals surface area (Å²) in [6.45, 7) is 2.80.